The summed E-state index contributed by atoms with van der Waals surface area (Å²) in [5, 5.41) is 19.3. The van der Waals surface area contributed by atoms with E-state index >= 15 is 0 Å². The number of hydrogen-bond acceptors (Lipinski definition) is 2. The molecule has 0 aliphatic rings. The Morgan fingerprint density at radius 1 is 1.47 bits per heavy atom. The Morgan fingerprint density at radius 3 is 2.73 bits per heavy atom. The van der Waals surface area contributed by atoms with Gasteiger partial charge in [-0.15, -0.1) is 0 Å². The smallest absolute Gasteiger partial charge is 0.338 e. The molecule has 1 heterocycles. The number of phenols is 1. The minimum Gasteiger partial charge on any atom is -0.507 e. The van der Waals surface area contributed by atoms with Gasteiger partial charge < -0.3 is 14.8 Å². The molecule has 78 valence electrons. The third kappa shape index (κ3) is 1.43. The average molecular weight is 226 g/mol. The summed E-state index contributed by atoms with van der Waals surface area (Å²) >= 11 is 5.76. The van der Waals surface area contributed by atoms with Crippen LogP contribution in [0.15, 0.2) is 18.3 Å². The van der Waals surface area contributed by atoms with Gasteiger partial charge in [-0.05, 0) is 12.1 Å². The number of nitrogens with zero attached hydrogens (tertiary/aromatic N) is 1. The Balaban J connectivity index is 2.93. The Bertz CT molecular complexity index is 559. The van der Waals surface area contributed by atoms with Crippen LogP contribution in [0.2, 0.25) is 5.02 Å². The van der Waals surface area contributed by atoms with Crippen molar-refractivity contribution in [3.63, 3.8) is 0 Å². The Morgan fingerprint density at radius 2 is 2.13 bits per heavy atom. The SMILES string of the molecule is Cn1cc(C(=O)O)c2c(O)cc(Cl)cc21. The van der Waals surface area contributed by atoms with Gasteiger partial charge in [0.05, 0.1) is 16.5 Å². The third-order valence-electron chi connectivity index (χ3n) is 2.26. The van der Waals surface area contributed by atoms with Crippen LogP contribution < -0.4 is 0 Å². The highest BCUT2D eigenvalue weighted by atomic mass is 35.5. The van der Waals surface area contributed by atoms with Crippen LogP contribution >= 0.6 is 11.6 Å². The number of carboxylic acids is 1. The molecule has 5 heteroatoms. The second-order valence-corrected chi connectivity index (χ2v) is 3.71. The molecule has 0 aliphatic heterocycles. The maximum atomic E-state index is 10.9. The summed E-state index contributed by atoms with van der Waals surface area (Å²) in [6.45, 7) is 0. The van der Waals surface area contributed by atoms with Gasteiger partial charge in [0, 0.05) is 18.3 Å². The fourth-order valence-corrected chi connectivity index (χ4v) is 1.83. The van der Waals surface area contributed by atoms with Crippen molar-refractivity contribution in [3.05, 3.63) is 28.9 Å². The molecule has 2 aromatic rings. The number of halogens is 1. The van der Waals surface area contributed by atoms with Crippen molar-refractivity contribution < 1.29 is 15.0 Å². The maximum Gasteiger partial charge on any atom is 0.338 e. The molecule has 4 nitrogen and oxygen atoms in total. The summed E-state index contributed by atoms with van der Waals surface area (Å²) in [6.07, 6.45) is 1.45. The highest BCUT2D eigenvalue weighted by Gasteiger charge is 2.16. The minimum absolute atomic E-state index is 0.0710. The van der Waals surface area contributed by atoms with Gasteiger partial charge in [-0.25, -0.2) is 4.79 Å². The normalized spacial score (nSPS) is 10.8. The Hall–Kier alpha value is -1.68. The topological polar surface area (TPSA) is 62.5 Å². The summed E-state index contributed by atoms with van der Waals surface area (Å²) in [7, 11) is 1.70. The molecule has 0 atom stereocenters. The van der Waals surface area contributed by atoms with Crippen LogP contribution in [0.4, 0.5) is 0 Å². The van der Waals surface area contributed by atoms with Crippen LogP contribution in [0.3, 0.4) is 0 Å². The van der Waals surface area contributed by atoms with Crippen LogP contribution in [0.1, 0.15) is 10.4 Å². The van der Waals surface area contributed by atoms with Gasteiger partial charge in [-0.2, -0.15) is 0 Å². The van der Waals surface area contributed by atoms with Crippen molar-refractivity contribution in [1.82, 2.24) is 4.57 Å². The number of aromatic hydroxyl groups is 1. The van der Waals surface area contributed by atoms with Gasteiger partial charge in [0.1, 0.15) is 5.75 Å². The monoisotopic (exact) mass is 225 g/mol. The highest BCUT2D eigenvalue weighted by molar-refractivity contribution is 6.31. The first kappa shape index (κ1) is 9.86. The molecule has 0 unspecified atom stereocenters. The first-order valence-electron chi connectivity index (χ1n) is 4.21. The quantitative estimate of drug-likeness (QED) is 0.782. The predicted molar refractivity (Wildman–Crippen MR) is 56.6 cm³/mol. The lowest BCUT2D eigenvalue weighted by Gasteiger charge is -1.99. The summed E-state index contributed by atoms with van der Waals surface area (Å²) in [4.78, 5) is 10.9. The Labute approximate surface area is 90.3 Å². The zero-order valence-corrected chi connectivity index (χ0v) is 8.62. The van der Waals surface area contributed by atoms with Crippen molar-refractivity contribution in [1.29, 1.82) is 0 Å². The molecule has 15 heavy (non-hydrogen) atoms. The number of rotatable bonds is 1. The van der Waals surface area contributed by atoms with E-state index in [1.807, 2.05) is 0 Å². The molecule has 0 amide bonds. The van der Waals surface area contributed by atoms with Crippen molar-refractivity contribution in [3.8, 4) is 5.75 Å². The molecule has 0 bridgehead atoms. The lowest BCUT2D eigenvalue weighted by Crippen LogP contribution is -1.94. The number of hydrogen-bond donors (Lipinski definition) is 2. The van der Waals surface area contributed by atoms with E-state index in [9.17, 15) is 9.90 Å². The first-order chi connectivity index (χ1) is 7.00. The first-order valence-corrected chi connectivity index (χ1v) is 4.59. The van der Waals surface area contributed by atoms with Gasteiger partial charge in [0.15, 0.2) is 0 Å². The molecule has 0 fully saturated rings. The molecule has 0 aliphatic carbocycles. The number of aryl methyl sites for hydroxylation is 1. The van der Waals surface area contributed by atoms with Crippen LogP contribution in [-0.2, 0) is 7.05 Å². The van der Waals surface area contributed by atoms with E-state index in [1.54, 1.807) is 17.7 Å². The lowest BCUT2D eigenvalue weighted by molar-refractivity contribution is 0.0698. The highest BCUT2D eigenvalue weighted by Crippen LogP contribution is 2.32. The number of phenolic OH excluding ortho intramolecular Hbond substituents is 1. The zero-order chi connectivity index (χ0) is 11.2. The lowest BCUT2D eigenvalue weighted by atomic mass is 10.1. The van der Waals surface area contributed by atoms with Gasteiger partial charge in [-0.1, -0.05) is 11.6 Å². The van der Waals surface area contributed by atoms with E-state index < -0.39 is 5.97 Å². The molecule has 2 rings (SSSR count). The fraction of sp³-hybridized carbons (Fsp3) is 0.100. The summed E-state index contributed by atoms with van der Waals surface area (Å²) < 4.78 is 1.62. The zero-order valence-electron chi connectivity index (χ0n) is 7.86. The minimum atomic E-state index is -1.07. The van der Waals surface area contributed by atoms with E-state index in [4.69, 9.17) is 16.7 Å². The van der Waals surface area contributed by atoms with Crippen LogP contribution in [-0.4, -0.2) is 20.7 Å². The molecule has 0 spiro atoms. The second kappa shape index (κ2) is 3.17. The van der Waals surface area contributed by atoms with Gasteiger partial charge in [-0.3, -0.25) is 0 Å². The molecule has 1 aromatic carbocycles. The van der Waals surface area contributed by atoms with Gasteiger partial charge in [0.25, 0.3) is 0 Å². The van der Waals surface area contributed by atoms with Crippen molar-refractivity contribution >= 4 is 28.5 Å². The summed E-state index contributed by atoms with van der Waals surface area (Å²) in [5.74, 6) is -1.19. The van der Waals surface area contributed by atoms with Crippen LogP contribution in [0, 0.1) is 0 Å². The number of carbonyl (C=O) groups is 1. The molecule has 0 saturated heterocycles. The fourth-order valence-electron chi connectivity index (χ4n) is 1.62. The molecule has 0 radical (unpaired) electrons. The van der Waals surface area contributed by atoms with E-state index in [-0.39, 0.29) is 11.3 Å². The summed E-state index contributed by atoms with van der Waals surface area (Å²) in [5.41, 5.74) is 0.666. The number of fused-ring (bicyclic) bond motifs is 1. The van der Waals surface area contributed by atoms with E-state index in [1.165, 1.54) is 12.3 Å². The van der Waals surface area contributed by atoms with E-state index in [0.29, 0.717) is 15.9 Å². The molecule has 2 N–H and O–H groups in total. The number of benzene rings is 1. The number of aromatic nitrogens is 1. The predicted octanol–water partition coefficient (Wildman–Crippen LogP) is 2.24. The maximum absolute atomic E-state index is 10.9. The van der Waals surface area contributed by atoms with Crippen molar-refractivity contribution in [2.75, 3.05) is 0 Å². The van der Waals surface area contributed by atoms with Crippen molar-refractivity contribution in [2.24, 2.45) is 7.05 Å². The molecular formula is C10H8ClNO3. The number of carboxylic acid groups (broad SMARTS) is 1. The number of aromatic carboxylic acids is 1. The van der Waals surface area contributed by atoms with Crippen LogP contribution in [0.25, 0.3) is 10.9 Å². The van der Waals surface area contributed by atoms with E-state index in [2.05, 4.69) is 0 Å². The Kier molecular flexibility index (Phi) is 2.08. The molecular weight excluding hydrogens is 218 g/mol. The largest absolute Gasteiger partial charge is 0.507 e. The van der Waals surface area contributed by atoms with Gasteiger partial charge in [0.2, 0.25) is 0 Å². The van der Waals surface area contributed by atoms with Crippen LogP contribution in [0.5, 0.6) is 5.75 Å². The van der Waals surface area contributed by atoms with Crippen molar-refractivity contribution in [2.45, 2.75) is 0 Å². The van der Waals surface area contributed by atoms with E-state index in [0.717, 1.165) is 0 Å². The summed E-state index contributed by atoms with van der Waals surface area (Å²) in [6, 6.07) is 2.94. The third-order valence-corrected chi connectivity index (χ3v) is 2.48. The van der Waals surface area contributed by atoms with Gasteiger partial charge >= 0.3 is 5.97 Å². The average Bonchev–Trinajstić information content (AvgIpc) is 2.44. The second-order valence-electron chi connectivity index (χ2n) is 3.28. The molecule has 1 aromatic heterocycles. The molecule has 0 saturated carbocycles. The standard InChI is InChI=1S/C10H8ClNO3/c1-12-4-6(10(14)15)9-7(12)2-5(11)3-8(9)13/h2-4,13H,1H3,(H,14,15).